The fourth-order valence-electron chi connectivity index (χ4n) is 2.62. The van der Waals surface area contributed by atoms with E-state index in [1.165, 1.54) is 0 Å². The monoisotopic (exact) mass is 371 g/mol. The highest BCUT2D eigenvalue weighted by atomic mass is 16.2. The molecule has 3 rings (SSSR count). The van der Waals surface area contributed by atoms with E-state index in [-0.39, 0.29) is 18.2 Å². The second-order valence-electron chi connectivity index (χ2n) is 6.29. The number of amides is 2. The third kappa shape index (κ3) is 5.38. The van der Waals surface area contributed by atoms with E-state index >= 15 is 0 Å². The number of hydrogen-bond acceptors (Lipinski definition) is 3. The molecule has 5 nitrogen and oxygen atoms in total. The summed E-state index contributed by atoms with van der Waals surface area (Å²) >= 11 is 0. The molecule has 0 fully saturated rings. The van der Waals surface area contributed by atoms with Gasteiger partial charge in [0, 0.05) is 11.3 Å². The lowest BCUT2D eigenvalue weighted by Gasteiger charge is -2.07. The van der Waals surface area contributed by atoms with Gasteiger partial charge in [0.2, 0.25) is 5.91 Å². The minimum Gasteiger partial charge on any atom is -0.322 e. The maximum absolute atomic E-state index is 12.2. The van der Waals surface area contributed by atoms with Crippen LogP contribution >= 0.6 is 0 Å². The fraction of sp³-hybridized carbons (Fsp3) is 0.0870. The predicted octanol–water partition coefficient (Wildman–Crippen LogP) is 4.02. The van der Waals surface area contributed by atoms with E-state index < -0.39 is 0 Å². The van der Waals surface area contributed by atoms with Crippen LogP contribution in [0.4, 0.5) is 5.69 Å². The minimum atomic E-state index is -0.169. The first-order valence-corrected chi connectivity index (χ1v) is 8.96. The molecule has 3 aromatic carbocycles. The molecule has 0 aliphatic carbocycles. The molecule has 2 amide bonds. The molecule has 0 saturated heterocycles. The lowest BCUT2D eigenvalue weighted by atomic mass is 10.1. The van der Waals surface area contributed by atoms with Gasteiger partial charge in [0.1, 0.15) is 0 Å². The Bertz CT molecular complexity index is 966. The van der Waals surface area contributed by atoms with E-state index in [4.69, 9.17) is 0 Å². The number of carbonyl (C=O) groups excluding carboxylic acids is 2. The number of carbonyl (C=O) groups is 2. The Morgan fingerprint density at radius 1 is 0.786 bits per heavy atom. The Morgan fingerprint density at radius 3 is 2.04 bits per heavy atom. The van der Waals surface area contributed by atoms with Crippen LogP contribution < -0.4 is 10.7 Å². The number of anilines is 1. The van der Waals surface area contributed by atoms with Gasteiger partial charge in [0.05, 0.1) is 12.1 Å². The Morgan fingerprint density at radius 2 is 1.39 bits per heavy atom. The average molecular weight is 371 g/mol. The van der Waals surface area contributed by atoms with Gasteiger partial charge in [-0.1, -0.05) is 60.7 Å². The first-order valence-electron chi connectivity index (χ1n) is 8.96. The minimum absolute atomic E-state index is 0.160. The van der Waals surface area contributed by atoms with Gasteiger partial charge in [0.25, 0.3) is 5.91 Å². The lowest BCUT2D eigenvalue weighted by Crippen LogP contribution is -2.21. The highest BCUT2D eigenvalue weighted by molar-refractivity contribution is 6.05. The van der Waals surface area contributed by atoms with Gasteiger partial charge in [-0.3, -0.25) is 9.59 Å². The largest absolute Gasteiger partial charge is 0.322 e. The molecule has 2 N–H and O–H groups in total. The van der Waals surface area contributed by atoms with Crippen molar-refractivity contribution in [3.8, 4) is 0 Å². The molecule has 0 spiro atoms. The molecule has 0 bridgehead atoms. The molecule has 0 unspecified atom stereocenters. The van der Waals surface area contributed by atoms with Crippen LogP contribution in [0.25, 0.3) is 0 Å². The van der Waals surface area contributed by atoms with Gasteiger partial charge in [-0.15, -0.1) is 0 Å². The number of hydrogen-bond donors (Lipinski definition) is 2. The fourth-order valence-corrected chi connectivity index (χ4v) is 2.62. The number of nitrogens with zero attached hydrogens (tertiary/aromatic N) is 1. The number of rotatable bonds is 6. The maximum Gasteiger partial charge on any atom is 0.255 e. The summed E-state index contributed by atoms with van der Waals surface area (Å²) in [4.78, 5) is 24.2. The molecule has 28 heavy (non-hydrogen) atoms. The van der Waals surface area contributed by atoms with E-state index in [0.717, 1.165) is 11.1 Å². The molecule has 3 aromatic rings. The third-order valence-electron chi connectivity index (χ3n) is 4.15. The van der Waals surface area contributed by atoms with Crippen molar-refractivity contribution in [1.82, 2.24) is 5.43 Å². The van der Waals surface area contributed by atoms with Crippen LogP contribution in [-0.4, -0.2) is 17.5 Å². The standard InChI is InChI=1S/C23H21N3O2/c1-17(25-26-22(27)16-18-8-4-2-5-9-18)19-12-14-21(15-13-19)24-23(28)20-10-6-3-7-11-20/h2-15H,16H2,1H3,(H,24,28)(H,26,27)/b25-17-. The molecule has 0 aliphatic rings. The molecule has 140 valence electrons. The van der Waals surface area contributed by atoms with Crippen molar-refractivity contribution >= 4 is 23.2 Å². The summed E-state index contributed by atoms with van der Waals surface area (Å²) in [7, 11) is 0. The molecule has 0 radical (unpaired) electrons. The summed E-state index contributed by atoms with van der Waals surface area (Å²) in [5.41, 5.74) is 6.35. The van der Waals surface area contributed by atoms with Gasteiger partial charge < -0.3 is 5.32 Å². The van der Waals surface area contributed by atoms with Gasteiger partial charge >= 0.3 is 0 Å². The SMILES string of the molecule is C/C(=N/NC(=O)Cc1ccccc1)c1ccc(NC(=O)c2ccccc2)cc1. The number of benzene rings is 3. The van der Waals surface area contributed by atoms with Crippen molar-refractivity contribution < 1.29 is 9.59 Å². The van der Waals surface area contributed by atoms with Crippen molar-refractivity contribution in [2.24, 2.45) is 5.10 Å². The van der Waals surface area contributed by atoms with E-state index in [0.29, 0.717) is 17.0 Å². The Kier molecular flexibility index (Phi) is 6.31. The highest BCUT2D eigenvalue weighted by Crippen LogP contribution is 2.12. The normalized spacial score (nSPS) is 11.0. The summed E-state index contributed by atoms with van der Waals surface area (Å²) in [5.74, 6) is -0.329. The smallest absolute Gasteiger partial charge is 0.255 e. The summed E-state index contributed by atoms with van der Waals surface area (Å²) in [6.45, 7) is 1.82. The van der Waals surface area contributed by atoms with E-state index in [2.05, 4.69) is 15.8 Å². The Hall–Kier alpha value is -3.73. The molecule has 0 atom stereocenters. The van der Waals surface area contributed by atoms with Crippen LogP contribution in [0.5, 0.6) is 0 Å². The zero-order valence-electron chi connectivity index (χ0n) is 15.6. The summed E-state index contributed by atoms with van der Waals surface area (Å²) in [6.07, 6.45) is 0.280. The van der Waals surface area contributed by atoms with E-state index in [1.54, 1.807) is 24.3 Å². The Labute approximate surface area is 164 Å². The van der Waals surface area contributed by atoms with E-state index in [9.17, 15) is 9.59 Å². The molecule has 5 heteroatoms. The molecular formula is C23H21N3O2. The molecule has 0 heterocycles. The van der Waals surface area contributed by atoms with Gasteiger partial charge in [-0.05, 0) is 42.3 Å². The van der Waals surface area contributed by atoms with Crippen LogP contribution in [0, 0.1) is 0 Å². The third-order valence-corrected chi connectivity index (χ3v) is 4.15. The topological polar surface area (TPSA) is 70.6 Å². The van der Waals surface area contributed by atoms with Gasteiger partial charge in [-0.2, -0.15) is 5.10 Å². The first kappa shape index (κ1) is 19.0. The van der Waals surface area contributed by atoms with Crippen molar-refractivity contribution in [3.63, 3.8) is 0 Å². The van der Waals surface area contributed by atoms with Gasteiger partial charge in [-0.25, -0.2) is 5.43 Å². The van der Waals surface area contributed by atoms with Gasteiger partial charge in [0.15, 0.2) is 0 Å². The van der Waals surface area contributed by atoms with E-state index in [1.807, 2.05) is 67.6 Å². The second-order valence-corrected chi connectivity index (χ2v) is 6.29. The molecule has 0 saturated carbocycles. The molecule has 0 aliphatic heterocycles. The number of hydrazone groups is 1. The summed E-state index contributed by atoms with van der Waals surface area (Å²) in [5, 5.41) is 7.01. The molecule has 0 aromatic heterocycles. The summed E-state index contributed by atoms with van der Waals surface area (Å²) in [6, 6.07) is 25.9. The van der Waals surface area contributed by atoms with Crippen molar-refractivity contribution in [3.05, 3.63) is 102 Å². The van der Waals surface area contributed by atoms with Crippen molar-refractivity contribution in [2.75, 3.05) is 5.32 Å². The predicted molar refractivity (Wildman–Crippen MR) is 111 cm³/mol. The van der Waals surface area contributed by atoms with Crippen LogP contribution in [0.2, 0.25) is 0 Å². The quantitative estimate of drug-likeness (QED) is 0.507. The van der Waals surface area contributed by atoms with Crippen molar-refractivity contribution in [1.29, 1.82) is 0 Å². The van der Waals surface area contributed by atoms with Crippen LogP contribution in [0.1, 0.15) is 28.4 Å². The molecular weight excluding hydrogens is 350 g/mol. The zero-order valence-corrected chi connectivity index (χ0v) is 15.6. The first-order chi connectivity index (χ1) is 13.6. The van der Waals surface area contributed by atoms with Crippen LogP contribution in [-0.2, 0) is 11.2 Å². The highest BCUT2D eigenvalue weighted by Gasteiger charge is 2.06. The van der Waals surface area contributed by atoms with Crippen LogP contribution in [0.3, 0.4) is 0 Å². The second kappa shape index (κ2) is 9.28. The maximum atomic E-state index is 12.2. The van der Waals surface area contributed by atoms with Crippen LogP contribution in [0.15, 0.2) is 90.0 Å². The lowest BCUT2D eigenvalue weighted by molar-refractivity contribution is -0.120. The summed E-state index contributed by atoms with van der Waals surface area (Å²) < 4.78 is 0. The Balaban J connectivity index is 1.57. The number of nitrogens with one attached hydrogen (secondary N) is 2. The van der Waals surface area contributed by atoms with Crippen molar-refractivity contribution in [2.45, 2.75) is 13.3 Å². The zero-order chi connectivity index (χ0) is 19.8. The average Bonchev–Trinajstić information content (AvgIpc) is 2.74.